The second-order valence-electron chi connectivity index (χ2n) is 5.46. The second-order valence-corrected chi connectivity index (χ2v) is 6.87. The van der Waals surface area contributed by atoms with Gasteiger partial charge in [0.25, 0.3) is 5.22 Å². The summed E-state index contributed by atoms with van der Waals surface area (Å²) in [5.41, 5.74) is 0.899. The Morgan fingerprint density at radius 2 is 2.14 bits per heavy atom. The van der Waals surface area contributed by atoms with Crippen molar-refractivity contribution in [2.75, 3.05) is 25.9 Å². The molecule has 21 heavy (non-hydrogen) atoms. The van der Waals surface area contributed by atoms with Crippen LogP contribution in [0.2, 0.25) is 5.02 Å². The number of likely N-dealkylation sites (tertiary alicyclic amines) is 1. The molecule has 1 aliphatic rings. The van der Waals surface area contributed by atoms with Gasteiger partial charge in [-0.1, -0.05) is 23.4 Å². The summed E-state index contributed by atoms with van der Waals surface area (Å²) < 4.78 is 5.71. The second kappa shape index (κ2) is 6.81. The number of benzene rings is 1. The van der Waals surface area contributed by atoms with Gasteiger partial charge in [-0.05, 0) is 56.6 Å². The van der Waals surface area contributed by atoms with Gasteiger partial charge in [-0.15, -0.1) is 10.2 Å². The first-order chi connectivity index (χ1) is 10.2. The smallest absolute Gasteiger partial charge is 0.276 e. The predicted molar refractivity (Wildman–Crippen MR) is 85.7 cm³/mol. The minimum absolute atomic E-state index is 0.551. The van der Waals surface area contributed by atoms with Gasteiger partial charge in [-0.2, -0.15) is 0 Å². The Bertz CT molecular complexity index is 587. The zero-order chi connectivity index (χ0) is 14.7. The molecule has 6 heteroatoms. The van der Waals surface area contributed by atoms with E-state index in [0.717, 1.165) is 17.9 Å². The lowest BCUT2D eigenvalue weighted by Gasteiger charge is -2.28. The van der Waals surface area contributed by atoms with Crippen molar-refractivity contribution in [1.29, 1.82) is 0 Å². The highest BCUT2D eigenvalue weighted by Gasteiger charge is 2.18. The summed E-state index contributed by atoms with van der Waals surface area (Å²) in [6.45, 7) is 2.37. The maximum atomic E-state index is 5.88. The molecule has 2 heterocycles. The number of rotatable bonds is 4. The fourth-order valence-corrected chi connectivity index (χ4v) is 3.59. The van der Waals surface area contributed by atoms with Crippen LogP contribution in [0, 0.1) is 5.92 Å². The summed E-state index contributed by atoms with van der Waals surface area (Å²) in [5, 5.41) is 9.57. The zero-order valence-electron chi connectivity index (χ0n) is 12.0. The van der Waals surface area contributed by atoms with E-state index in [1.54, 1.807) is 11.8 Å². The van der Waals surface area contributed by atoms with Gasteiger partial charge >= 0.3 is 0 Å². The highest BCUT2D eigenvalue weighted by Crippen LogP contribution is 2.27. The summed E-state index contributed by atoms with van der Waals surface area (Å²) in [7, 11) is 2.18. The third kappa shape index (κ3) is 3.99. The fourth-order valence-electron chi connectivity index (χ4n) is 2.58. The van der Waals surface area contributed by atoms with Crippen LogP contribution >= 0.6 is 23.4 Å². The highest BCUT2D eigenvalue weighted by atomic mass is 35.5. The van der Waals surface area contributed by atoms with Crippen molar-refractivity contribution in [3.05, 3.63) is 29.3 Å². The lowest BCUT2D eigenvalue weighted by molar-refractivity contribution is 0.224. The van der Waals surface area contributed by atoms with E-state index in [-0.39, 0.29) is 0 Å². The monoisotopic (exact) mass is 323 g/mol. The third-order valence-corrected chi connectivity index (χ3v) is 4.96. The minimum atomic E-state index is 0.551. The Labute approximate surface area is 133 Å². The normalized spacial score (nSPS) is 19.8. The van der Waals surface area contributed by atoms with Crippen LogP contribution in [0.5, 0.6) is 0 Å². The molecule has 112 valence electrons. The highest BCUT2D eigenvalue weighted by molar-refractivity contribution is 7.99. The molecule has 4 nitrogen and oxygen atoms in total. The molecule has 0 saturated carbocycles. The van der Waals surface area contributed by atoms with Crippen LogP contribution in [0.1, 0.15) is 12.8 Å². The molecule has 1 aliphatic heterocycles. The Kier molecular flexibility index (Phi) is 4.83. The van der Waals surface area contributed by atoms with E-state index in [0.29, 0.717) is 22.1 Å². The summed E-state index contributed by atoms with van der Waals surface area (Å²) >= 11 is 7.53. The summed E-state index contributed by atoms with van der Waals surface area (Å²) in [4.78, 5) is 2.39. The predicted octanol–water partition coefficient (Wildman–Crippen LogP) is 3.82. The number of aromatic nitrogens is 2. The number of nitrogens with zero attached hydrogens (tertiary/aromatic N) is 3. The van der Waals surface area contributed by atoms with Gasteiger partial charge in [0.15, 0.2) is 0 Å². The largest absolute Gasteiger partial charge is 0.411 e. The SMILES string of the molecule is CN1CCC[C@H](CSc2nnc(-c3ccc(Cl)cc3)o2)C1. The molecule has 0 bridgehead atoms. The van der Waals surface area contributed by atoms with Gasteiger partial charge in [0.1, 0.15) is 0 Å². The van der Waals surface area contributed by atoms with Gasteiger partial charge in [0, 0.05) is 22.9 Å². The number of halogens is 1. The maximum Gasteiger partial charge on any atom is 0.276 e. The molecule has 0 radical (unpaired) electrons. The van der Waals surface area contributed by atoms with Crippen LogP contribution < -0.4 is 0 Å². The van der Waals surface area contributed by atoms with Crippen LogP contribution in [-0.4, -0.2) is 41.0 Å². The molecule has 1 aromatic carbocycles. The first-order valence-electron chi connectivity index (χ1n) is 7.11. The number of hydrogen-bond donors (Lipinski definition) is 0. The molecular formula is C15H18ClN3OS. The van der Waals surface area contributed by atoms with E-state index in [1.165, 1.54) is 19.4 Å². The molecule has 1 saturated heterocycles. The van der Waals surface area contributed by atoms with E-state index in [1.807, 2.05) is 24.3 Å². The summed E-state index contributed by atoms with van der Waals surface area (Å²) in [6.07, 6.45) is 2.57. The average Bonchev–Trinajstić information content (AvgIpc) is 2.95. The van der Waals surface area contributed by atoms with Crippen LogP contribution in [0.15, 0.2) is 33.9 Å². The Hall–Kier alpha value is -1.04. The van der Waals surface area contributed by atoms with E-state index < -0.39 is 0 Å². The topological polar surface area (TPSA) is 42.2 Å². The molecular weight excluding hydrogens is 306 g/mol. The number of hydrogen-bond acceptors (Lipinski definition) is 5. The molecule has 0 unspecified atom stereocenters. The Balaban J connectivity index is 1.59. The van der Waals surface area contributed by atoms with Gasteiger partial charge in [-0.3, -0.25) is 0 Å². The molecule has 3 rings (SSSR count). The van der Waals surface area contributed by atoms with E-state index in [2.05, 4.69) is 22.1 Å². The molecule has 2 aromatic rings. The first kappa shape index (κ1) is 14.9. The van der Waals surface area contributed by atoms with Crippen LogP contribution in [0.25, 0.3) is 11.5 Å². The lowest BCUT2D eigenvalue weighted by atomic mass is 10.0. The summed E-state index contributed by atoms with van der Waals surface area (Å²) in [5.74, 6) is 2.29. The van der Waals surface area contributed by atoms with E-state index in [4.69, 9.17) is 16.0 Å². The van der Waals surface area contributed by atoms with Gasteiger partial charge in [-0.25, -0.2) is 0 Å². The molecule has 1 aromatic heterocycles. The first-order valence-corrected chi connectivity index (χ1v) is 8.48. The molecule has 0 N–H and O–H groups in total. The van der Waals surface area contributed by atoms with Crippen molar-refractivity contribution in [2.24, 2.45) is 5.92 Å². The van der Waals surface area contributed by atoms with Gasteiger partial charge in [0.2, 0.25) is 5.89 Å². The average molecular weight is 324 g/mol. The number of thioether (sulfide) groups is 1. The molecule has 1 fully saturated rings. The summed E-state index contributed by atoms with van der Waals surface area (Å²) in [6, 6.07) is 7.43. The lowest BCUT2D eigenvalue weighted by Crippen LogP contribution is -2.33. The van der Waals surface area contributed by atoms with Gasteiger partial charge in [0.05, 0.1) is 0 Å². The minimum Gasteiger partial charge on any atom is -0.411 e. The van der Waals surface area contributed by atoms with Crippen LogP contribution in [0.3, 0.4) is 0 Å². The van der Waals surface area contributed by atoms with Gasteiger partial charge < -0.3 is 9.32 Å². The molecule has 0 amide bonds. The third-order valence-electron chi connectivity index (χ3n) is 3.66. The fraction of sp³-hybridized carbons (Fsp3) is 0.467. The zero-order valence-corrected chi connectivity index (χ0v) is 13.5. The standard InChI is InChI=1S/C15H18ClN3OS/c1-19-8-2-3-11(9-19)10-21-15-18-17-14(20-15)12-4-6-13(16)7-5-12/h4-7,11H,2-3,8-10H2,1H3/t11-/m0/s1. The van der Waals surface area contributed by atoms with Crippen molar-refractivity contribution < 1.29 is 4.42 Å². The molecule has 0 spiro atoms. The van der Waals surface area contributed by atoms with Crippen molar-refractivity contribution in [1.82, 2.24) is 15.1 Å². The van der Waals surface area contributed by atoms with E-state index >= 15 is 0 Å². The van der Waals surface area contributed by atoms with Crippen LogP contribution in [-0.2, 0) is 0 Å². The van der Waals surface area contributed by atoms with E-state index in [9.17, 15) is 0 Å². The van der Waals surface area contributed by atoms with Crippen LogP contribution in [0.4, 0.5) is 0 Å². The Morgan fingerprint density at radius 1 is 1.33 bits per heavy atom. The van der Waals surface area contributed by atoms with Crippen molar-refractivity contribution in [3.63, 3.8) is 0 Å². The maximum absolute atomic E-state index is 5.88. The quantitative estimate of drug-likeness (QED) is 0.800. The van der Waals surface area contributed by atoms with Crippen molar-refractivity contribution >= 4 is 23.4 Å². The van der Waals surface area contributed by atoms with Crippen molar-refractivity contribution in [2.45, 2.75) is 18.1 Å². The molecule has 1 atom stereocenters. The van der Waals surface area contributed by atoms with Crippen molar-refractivity contribution in [3.8, 4) is 11.5 Å². The molecule has 0 aliphatic carbocycles. The Morgan fingerprint density at radius 3 is 2.90 bits per heavy atom. The number of piperidine rings is 1.